The number of nitrogens with zero attached hydrogens (tertiary/aromatic N) is 3. The number of likely N-dealkylation sites (tertiary alicyclic amines) is 1. The molecular weight excluding hydrogens is 532 g/mol. The van der Waals surface area contributed by atoms with Gasteiger partial charge in [-0.3, -0.25) is 9.59 Å². The second kappa shape index (κ2) is 12.7. The Morgan fingerprint density at radius 2 is 1.97 bits per heavy atom. The lowest BCUT2D eigenvalue weighted by molar-refractivity contribution is -0.352. The van der Waals surface area contributed by atoms with Gasteiger partial charge >= 0.3 is 0 Å². The van der Waals surface area contributed by atoms with Crippen molar-refractivity contribution in [2.45, 2.75) is 44.1 Å². The smallest absolute Gasteiger partial charge is 0.255 e. The van der Waals surface area contributed by atoms with Gasteiger partial charge in [-0.2, -0.15) is 0 Å². The molecule has 1 aromatic carbocycles. The summed E-state index contributed by atoms with van der Waals surface area (Å²) >= 11 is 1.13. The number of anilines is 2. The van der Waals surface area contributed by atoms with Gasteiger partial charge in [0.1, 0.15) is 0 Å². The van der Waals surface area contributed by atoms with E-state index in [0.717, 1.165) is 33.1 Å². The molecule has 0 unspecified atom stereocenters. The number of nitrogens with one attached hydrogen (secondary N) is 2. The van der Waals surface area contributed by atoms with Crippen LogP contribution in [0.1, 0.15) is 43.1 Å². The van der Waals surface area contributed by atoms with E-state index in [1.54, 1.807) is 18.5 Å². The quantitative estimate of drug-likeness (QED) is 0.251. The number of benzene rings is 1. The average molecular weight is 568 g/mol. The molecule has 38 heavy (non-hydrogen) atoms. The predicted molar refractivity (Wildman–Crippen MR) is 145 cm³/mol. The van der Waals surface area contributed by atoms with E-state index in [-0.39, 0.29) is 5.13 Å². The average Bonchev–Trinajstić information content (AvgIpc) is 3.56. The molecule has 7 N–H and O–H groups in total. The molecule has 0 saturated carbocycles. The van der Waals surface area contributed by atoms with Crippen molar-refractivity contribution in [2.75, 3.05) is 36.0 Å². The fraction of sp³-hybridized carbons (Fsp3) is 0.458. The monoisotopic (exact) mass is 567 g/mol. The first-order chi connectivity index (χ1) is 17.9. The van der Waals surface area contributed by atoms with Crippen LogP contribution >= 0.6 is 11.3 Å². The predicted octanol–water partition coefficient (Wildman–Crippen LogP) is -0.0309. The highest BCUT2D eigenvalue weighted by Crippen LogP contribution is 2.35. The molecule has 4 atom stereocenters. The number of sulfonamides is 1. The van der Waals surface area contributed by atoms with E-state index in [9.17, 15) is 28.2 Å². The van der Waals surface area contributed by atoms with E-state index in [4.69, 9.17) is 0 Å². The zero-order valence-corrected chi connectivity index (χ0v) is 23.2. The molecule has 1 aliphatic heterocycles. The maximum Gasteiger partial charge on any atom is 0.255 e. The molecule has 14 heteroatoms. The number of quaternary nitrogens is 1. The Kier molecular flexibility index (Phi) is 9.84. The van der Waals surface area contributed by atoms with Gasteiger partial charge in [0.2, 0.25) is 10.0 Å². The zero-order valence-electron chi connectivity index (χ0n) is 21.6. The number of carbonyl (C=O) groups excluding carboxylic acids is 2. The maximum absolute atomic E-state index is 13.1. The number of aliphatic hydroxyl groups excluding tert-OH is 2. The maximum atomic E-state index is 13.1. The highest BCUT2D eigenvalue weighted by molar-refractivity contribution is 7.92. The minimum Gasteiger partial charge on any atom is -0.380 e. The standard InChI is InChI=1S/C24H34N6O6S2/c1-15(16-7-9-17(10-8-16)26-12-5-11-25)27-22(33)20(31)21(32)23(34)30-13-4-6-19(30)18-14-37-24(28-18)29(2)38(3,35)36/h5,7-10,12,14-15,19-21,26,31-32H,4,6,11,13,25H2,1-3H3,(H,27,33)/p+1/b12-5-/t15-,19-,20-,21-/m1/s1. The van der Waals surface area contributed by atoms with Gasteiger partial charge < -0.3 is 31.5 Å². The third-order valence-corrected chi connectivity index (χ3v) is 8.50. The molecule has 3 rings (SSSR count). The van der Waals surface area contributed by atoms with E-state index in [0.29, 0.717) is 31.6 Å². The first-order valence-corrected chi connectivity index (χ1v) is 14.8. The van der Waals surface area contributed by atoms with Crippen molar-refractivity contribution in [1.29, 1.82) is 0 Å². The summed E-state index contributed by atoms with van der Waals surface area (Å²) in [6.07, 6.45) is 1.98. The largest absolute Gasteiger partial charge is 0.380 e. The summed E-state index contributed by atoms with van der Waals surface area (Å²) in [5.74, 6) is -1.67. The van der Waals surface area contributed by atoms with Crippen LogP contribution in [0.4, 0.5) is 10.8 Å². The third kappa shape index (κ3) is 7.08. The Balaban J connectivity index is 1.62. The Morgan fingerprint density at radius 1 is 1.29 bits per heavy atom. The highest BCUT2D eigenvalue weighted by Gasteiger charge is 2.39. The van der Waals surface area contributed by atoms with Crippen molar-refractivity contribution < 1.29 is 34.0 Å². The Bertz CT molecular complexity index is 1250. The molecule has 1 aliphatic rings. The second-order valence-corrected chi connectivity index (χ2v) is 11.9. The number of hydrogen-bond acceptors (Lipinski definition) is 9. The van der Waals surface area contributed by atoms with Gasteiger partial charge in [-0.1, -0.05) is 12.1 Å². The number of carbonyl (C=O) groups is 2. The molecule has 0 spiro atoms. The van der Waals surface area contributed by atoms with Crippen LogP contribution in [0.25, 0.3) is 0 Å². The summed E-state index contributed by atoms with van der Waals surface area (Å²) < 4.78 is 24.7. The lowest BCUT2D eigenvalue weighted by Crippen LogP contribution is -2.51. The number of thiazole rings is 1. The molecule has 2 aromatic rings. The summed E-state index contributed by atoms with van der Waals surface area (Å²) in [6, 6.07) is 6.33. The first kappa shape index (κ1) is 29.5. The lowest BCUT2D eigenvalue weighted by Gasteiger charge is -2.28. The van der Waals surface area contributed by atoms with Crippen LogP contribution in [0, 0.1) is 0 Å². The van der Waals surface area contributed by atoms with Gasteiger partial charge in [0, 0.05) is 30.9 Å². The van der Waals surface area contributed by atoms with Crippen molar-refractivity contribution in [1.82, 2.24) is 15.2 Å². The number of aliphatic hydroxyl groups is 2. The third-order valence-electron chi connectivity index (χ3n) is 6.28. The Labute approximate surface area is 226 Å². The Morgan fingerprint density at radius 3 is 2.61 bits per heavy atom. The van der Waals surface area contributed by atoms with Crippen LogP contribution in [0.3, 0.4) is 0 Å². The van der Waals surface area contributed by atoms with Gasteiger partial charge in [-0.15, -0.1) is 11.3 Å². The SMILES string of the molecule is C[C@@H](NC(=O)[C@H](O)[C@@H](O)C(=O)N1CCC[C@@H]1c1csc(N(C)S(C)(=O)=O)n1)c1ccc(N/C=C\C[NH3+])cc1. The second-order valence-electron chi connectivity index (χ2n) is 9.05. The molecule has 1 saturated heterocycles. The number of aromatic nitrogens is 1. The zero-order chi connectivity index (χ0) is 28.0. The molecule has 1 aromatic heterocycles. The molecule has 208 valence electrons. The summed E-state index contributed by atoms with van der Waals surface area (Å²) in [6.45, 7) is 2.70. The van der Waals surface area contributed by atoms with Gasteiger partial charge in [-0.25, -0.2) is 17.7 Å². The summed E-state index contributed by atoms with van der Waals surface area (Å²) in [4.78, 5) is 31.5. The fourth-order valence-corrected chi connectivity index (χ4v) is 5.59. The number of rotatable bonds is 11. The van der Waals surface area contributed by atoms with E-state index in [2.05, 4.69) is 21.4 Å². The van der Waals surface area contributed by atoms with Crippen molar-refractivity contribution in [3.05, 3.63) is 53.2 Å². The van der Waals surface area contributed by atoms with Gasteiger partial charge in [0.05, 0.1) is 30.6 Å². The molecule has 0 radical (unpaired) electrons. The topological polar surface area (TPSA) is 180 Å². The van der Waals surface area contributed by atoms with Crippen molar-refractivity contribution in [2.24, 2.45) is 0 Å². The van der Waals surface area contributed by atoms with Crippen LogP contribution in [0.2, 0.25) is 0 Å². The van der Waals surface area contributed by atoms with E-state index in [1.807, 2.05) is 30.3 Å². The van der Waals surface area contributed by atoms with E-state index >= 15 is 0 Å². The lowest BCUT2D eigenvalue weighted by atomic mass is 10.1. The summed E-state index contributed by atoms with van der Waals surface area (Å²) in [7, 11) is -2.10. The van der Waals surface area contributed by atoms with Crippen molar-refractivity contribution >= 4 is 44.0 Å². The van der Waals surface area contributed by atoms with Crippen LogP contribution in [-0.2, 0) is 19.6 Å². The van der Waals surface area contributed by atoms with Crippen LogP contribution in [0.5, 0.6) is 0 Å². The summed E-state index contributed by atoms with van der Waals surface area (Å²) in [5, 5.41) is 28.7. The van der Waals surface area contributed by atoms with Crippen LogP contribution in [-0.4, -0.2) is 78.9 Å². The molecular formula is C24H35N6O6S2+. The minimum absolute atomic E-state index is 0.259. The van der Waals surface area contributed by atoms with Gasteiger partial charge in [0.15, 0.2) is 17.3 Å². The van der Waals surface area contributed by atoms with Crippen molar-refractivity contribution in [3.63, 3.8) is 0 Å². The molecule has 12 nitrogen and oxygen atoms in total. The number of amides is 2. The molecule has 2 heterocycles. The van der Waals surface area contributed by atoms with E-state index < -0.39 is 46.1 Å². The normalized spacial score (nSPS) is 18.3. The minimum atomic E-state index is -3.49. The van der Waals surface area contributed by atoms with E-state index in [1.165, 1.54) is 11.9 Å². The van der Waals surface area contributed by atoms with Gasteiger partial charge in [0.25, 0.3) is 11.8 Å². The van der Waals surface area contributed by atoms with Gasteiger partial charge in [-0.05, 0) is 43.5 Å². The molecule has 1 fully saturated rings. The first-order valence-electron chi connectivity index (χ1n) is 12.1. The molecule has 0 bridgehead atoms. The van der Waals surface area contributed by atoms with Crippen molar-refractivity contribution in [3.8, 4) is 0 Å². The van der Waals surface area contributed by atoms with Crippen LogP contribution < -0.4 is 20.7 Å². The summed E-state index contributed by atoms with van der Waals surface area (Å²) in [5.41, 5.74) is 5.84. The highest BCUT2D eigenvalue weighted by atomic mass is 32.2. The molecule has 2 amide bonds. The number of hydrogen-bond donors (Lipinski definition) is 5. The Hall–Kier alpha value is -3.04. The fourth-order valence-electron chi connectivity index (χ4n) is 3.99. The molecule has 0 aliphatic carbocycles. The van der Waals surface area contributed by atoms with Crippen LogP contribution in [0.15, 0.2) is 41.9 Å².